The van der Waals surface area contributed by atoms with Crippen LogP contribution in [0.1, 0.15) is 43.5 Å². The summed E-state index contributed by atoms with van der Waals surface area (Å²) in [5.74, 6) is -0.918. The maximum atomic E-state index is 13.6. The first-order chi connectivity index (χ1) is 14.4. The van der Waals surface area contributed by atoms with Crippen LogP contribution in [0, 0.1) is 5.92 Å². The maximum Gasteiger partial charge on any atom is 0.308 e. The van der Waals surface area contributed by atoms with Gasteiger partial charge in [-0.15, -0.1) is 0 Å². The number of nitrogens with zero attached hydrogens (tertiary/aromatic N) is 2. The molecule has 2 unspecified atom stereocenters. The number of carboxylic acid groups (broad SMARTS) is 1. The van der Waals surface area contributed by atoms with Gasteiger partial charge >= 0.3 is 5.97 Å². The topological polar surface area (TPSA) is 98.1 Å². The van der Waals surface area contributed by atoms with Crippen molar-refractivity contribution in [3.05, 3.63) is 34.2 Å². The number of methoxy groups -OCH3 is 2. The molecule has 30 heavy (non-hydrogen) atoms. The van der Waals surface area contributed by atoms with Crippen LogP contribution in [0.3, 0.4) is 0 Å². The highest BCUT2D eigenvalue weighted by Gasteiger charge is 2.38. The van der Waals surface area contributed by atoms with E-state index in [-0.39, 0.29) is 17.5 Å². The van der Waals surface area contributed by atoms with Crippen molar-refractivity contribution in [2.45, 2.75) is 45.7 Å². The standard InChI is InChI=1S/C22H28N2O6/c1-5-17-13(22(27)28)8-7-9-24(17)21(26)16-12-23(6-2)20(25)15-11-19(30-4)18(29-3)10-14(15)16/h10-13,17H,5-9H2,1-4H3,(H,27,28). The van der Waals surface area contributed by atoms with Gasteiger partial charge in [0.05, 0.1) is 31.1 Å². The summed E-state index contributed by atoms with van der Waals surface area (Å²) in [6, 6.07) is 2.84. The number of aliphatic carboxylic acids is 1. The molecule has 0 spiro atoms. The second kappa shape index (κ2) is 8.77. The Bertz CT molecular complexity index is 1030. The number of carbonyl (C=O) groups is 2. The second-order valence-corrected chi connectivity index (χ2v) is 7.45. The number of hydrogen-bond acceptors (Lipinski definition) is 5. The van der Waals surface area contributed by atoms with Gasteiger partial charge in [0.25, 0.3) is 11.5 Å². The summed E-state index contributed by atoms with van der Waals surface area (Å²) in [6.45, 7) is 4.61. The number of ether oxygens (including phenoxy) is 2. The molecular weight excluding hydrogens is 388 g/mol. The molecule has 1 aliphatic rings. The fraction of sp³-hybridized carbons (Fsp3) is 0.500. The van der Waals surface area contributed by atoms with Gasteiger partial charge in [0.2, 0.25) is 0 Å². The zero-order chi connectivity index (χ0) is 22.0. The number of pyridine rings is 1. The van der Waals surface area contributed by atoms with Crippen molar-refractivity contribution in [1.29, 1.82) is 0 Å². The van der Waals surface area contributed by atoms with Gasteiger partial charge in [0, 0.05) is 30.7 Å². The Morgan fingerprint density at radius 1 is 1.13 bits per heavy atom. The lowest BCUT2D eigenvalue weighted by Crippen LogP contribution is -2.50. The molecule has 1 saturated heterocycles. The summed E-state index contributed by atoms with van der Waals surface area (Å²) >= 11 is 0. The third-order valence-corrected chi connectivity index (χ3v) is 5.94. The van der Waals surface area contributed by atoms with Gasteiger partial charge in [-0.2, -0.15) is 0 Å². The summed E-state index contributed by atoms with van der Waals surface area (Å²) in [4.78, 5) is 39.9. The average Bonchev–Trinajstić information content (AvgIpc) is 2.77. The minimum Gasteiger partial charge on any atom is -0.493 e. The number of aryl methyl sites for hydroxylation is 1. The smallest absolute Gasteiger partial charge is 0.308 e. The molecule has 1 amide bonds. The Labute approximate surface area is 175 Å². The minimum atomic E-state index is -0.880. The Morgan fingerprint density at radius 3 is 2.30 bits per heavy atom. The molecule has 2 aromatic rings. The van der Waals surface area contributed by atoms with Crippen molar-refractivity contribution < 1.29 is 24.2 Å². The van der Waals surface area contributed by atoms with E-state index in [9.17, 15) is 19.5 Å². The first-order valence-corrected chi connectivity index (χ1v) is 10.2. The first kappa shape index (κ1) is 21.7. The van der Waals surface area contributed by atoms with Gasteiger partial charge in [-0.3, -0.25) is 14.4 Å². The third-order valence-electron chi connectivity index (χ3n) is 5.94. The Kier molecular flexibility index (Phi) is 6.34. The normalized spacial score (nSPS) is 19.0. The number of amides is 1. The van der Waals surface area contributed by atoms with Crippen LogP contribution in [0.2, 0.25) is 0 Å². The predicted octanol–water partition coefficient (Wildman–Crippen LogP) is 2.75. The van der Waals surface area contributed by atoms with E-state index in [1.165, 1.54) is 18.8 Å². The Hall–Kier alpha value is -3.03. The average molecular weight is 416 g/mol. The molecule has 1 N–H and O–H groups in total. The van der Waals surface area contributed by atoms with Crippen LogP contribution in [-0.4, -0.2) is 53.3 Å². The number of likely N-dealkylation sites (tertiary alicyclic amines) is 1. The van der Waals surface area contributed by atoms with Crippen LogP contribution in [0.5, 0.6) is 11.5 Å². The molecule has 162 valence electrons. The van der Waals surface area contributed by atoms with Crippen LogP contribution in [-0.2, 0) is 11.3 Å². The van der Waals surface area contributed by atoms with Crippen molar-refractivity contribution >= 4 is 22.6 Å². The van der Waals surface area contributed by atoms with Gasteiger partial charge < -0.3 is 24.0 Å². The lowest BCUT2D eigenvalue weighted by molar-refractivity contribution is -0.145. The van der Waals surface area contributed by atoms with E-state index in [4.69, 9.17) is 9.47 Å². The Balaban J connectivity index is 2.21. The highest BCUT2D eigenvalue weighted by molar-refractivity contribution is 6.07. The fourth-order valence-corrected chi connectivity index (χ4v) is 4.38. The molecule has 2 heterocycles. The summed E-state index contributed by atoms with van der Waals surface area (Å²) in [6.07, 6.45) is 3.29. The zero-order valence-electron chi connectivity index (χ0n) is 17.8. The number of fused-ring (bicyclic) bond motifs is 1. The van der Waals surface area contributed by atoms with Crippen molar-refractivity contribution in [3.63, 3.8) is 0 Å². The molecule has 1 aromatic carbocycles. The van der Waals surface area contributed by atoms with Crippen LogP contribution in [0.15, 0.2) is 23.1 Å². The summed E-state index contributed by atoms with van der Waals surface area (Å²) in [7, 11) is 2.98. The number of carboxylic acids is 1. The quantitative estimate of drug-likeness (QED) is 0.778. The number of benzene rings is 1. The van der Waals surface area contributed by atoms with Crippen molar-refractivity contribution in [2.75, 3.05) is 20.8 Å². The minimum absolute atomic E-state index is 0.223. The number of carbonyl (C=O) groups excluding carboxylic acids is 1. The van der Waals surface area contributed by atoms with Gasteiger partial charge in [-0.1, -0.05) is 6.92 Å². The molecule has 0 radical (unpaired) electrons. The molecule has 0 bridgehead atoms. The van der Waals surface area contributed by atoms with E-state index in [1.54, 1.807) is 23.2 Å². The monoisotopic (exact) mass is 416 g/mol. The van der Waals surface area contributed by atoms with E-state index >= 15 is 0 Å². The summed E-state index contributed by atoms with van der Waals surface area (Å²) in [5.41, 5.74) is 0.135. The molecule has 1 fully saturated rings. The maximum absolute atomic E-state index is 13.6. The summed E-state index contributed by atoms with van der Waals surface area (Å²) in [5, 5.41) is 10.4. The first-order valence-electron chi connectivity index (χ1n) is 10.2. The molecule has 1 aliphatic heterocycles. The predicted molar refractivity (Wildman–Crippen MR) is 112 cm³/mol. The molecular formula is C22H28N2O6. The number of piperidine rings is 1. The molecule has 1 aromatic heterocycles. The highest BCUT2D eigenvalue weighted by Crippen LogP contribution is 2.34. The molecule has 3 rings (SSSR count). The van der Waals surface area contributed by atoms with E-state index in [0.29, 0.717) is 60.2 Å². The van der Waals surface area contributed by atoms with Gasteiger partial charge in [-0.25, -0.2) is 0 Å². The van der Waals surface area contributed by atoms with Gasteiger partial charge in [-0.05, 0) is 38.3 Å². The fourth-order valence-electron chi connectivity index (χ4n) is 4.38. The molecule has 0 saturated carbocycles. The number of hydrogen-bond donors (Lipinski definition) is 1. The number of aromatic nitrogens is 1. The Morgan fingerprint density at radius 2 is 1.77 bits per heavy atom. The lowest BCUT2D eigenvalue weighted by atomic mass is 9.87. The van der Waals surface area contributed by atoms with Crippen LogP contribution < -0.4 is 15.0 Å². The number of rotatable bonds is 6. The van der Waals surface area contributed by atoms with Crippen molar-refractivity contribution in [1.82, 2.24) is 9.47 Å². The van der Waals surface area contributed by atoms with E-state index in [2.05, 4.69) is 0 Å². The highest BCUT2D eigenvalue weighted by atomic mass is 16.5. The van der Waals surface area contributed by atoms with E-state index in [1.807, 2.05) is 13.8 Å². The van der Waals surface area contributed by atoms with Crippen LogP contribution in [0.4, 0.5) is 0 Å². The van der Waals surface area contributed by atoms with E-state index < -0.39 is 11.9 Å². The third kappa shape index (κ3) is 3.62. The zero-order valence-corrected chi connectivity index (χ0v) is 17.8. The van der Waals surface area contributed by atoms with Crippen molar-refractivity contribution in [3.8, 4) is 11.5 Å². The molecule has 2 atom stereocenters. The van der Waals surface area contributed by atoms with Crippen molar-refractivity contribution in [2.24, 2.45) is 5.92 Å². The second-order valence-electron chi connectivity index (χ2n) is 7.45. The molecule has 0 aliphatic carbocycles. The largest absolute Gasteiger partial charge is 0.493 e. The van der Waals surface area contributed by atoms with Crippen LogP contribution >= 0.6 is 0 Å². The molecule has 8 heteroatoms. The summed E-state index contributed by atoms with van der Waals surface area (Å²) < 4.78 is 12.2. The molecule has 8 nitrogen and oxygen atoms in total. The van der Waals surface area contributed by atoms with E-state index in [0.717, 1.165) is 0 Å². The van der Waals surface area contributed by atoms with Gasteiger partial charge in [0.15, 0.2) is 11.5 Å². The SMILES string of the molecule is CCC1C(C(=O)O)CCCN1C(=O)c1cn(CC)c(=O)c2cc(OC)c(OC)cc12. The van der Waals surface area contributed by atoms with Gasteiger partial charge in [0.1, 0.15) is 0 Å². The lowest BCUT2D eigenvalue weighted by Gasteiger charge is -2.39. The van der Waals surface area contributed by atoms with Crippen LogP contribution in [0.25, 0.3) is 10.8 Å².